The van der Waals surface area contributed by atoms with Crippen LogP contribution in [0.2, 0.25) is 0 Å². The molecule has 0 radical (unpaired) electrons. The highest BCUT2D eigenvalue weighted by Crippen LogP contribution is 2.20. The first-order chi connectivity index (χ1) is 7.36. The predicted octanol–water partition coefficient (Wildman–Crippen LogP) is 1.76. The maximum Gasteiger partial charge on any atom is 0.143 e. The average molecular weight is 198 g/mol. The molecular formula is C11H10N4. The van der Waals surface area contributed by atoms with Gasteiger partial charge in [-0.3, -0.25) is 9.25 Å². The lowest BCUT2D eigenvalue weighted by Gasteiger charge is -2.01. The van der Waals surface area contributed by atoms with E-state index in [1.165, 1.54) is 0 Å². The molecule has 4 nitrogen and oxygen atoms in total. The Kier molecular flexibility index (Phi) is 1.62. The van der Waals surface area contributed by atoms with Gasteiger partial charge in [0.25, 0.3) is 0 Å². The summed E-state index contributed by atoms with van der Waals surface area (Å²) in [5.41, 5.74) is 1.00. The Labute approximate surface area is 86.8 Å². The standard InChI is InChI=1S/C11H10N4/c1-14-11(15-7-6-12-8-15)9-4-2-3-5-10(9)13-14/h2-8H,1H3. The van der Waals surface area contributed by atoms with Gasteiger partial charge in [0, 0.05) is 24.8 Å². The van der Waals surface area contributed by atoms with Crippen LogP contribution < -0.4 is 0 Å². The highest BCUT2D eigenvalue weighted by molar-refractivity contribution is 5.86. The lowest BCUT2D eigenvalue weighted by atomic mass is 10.2. The van der Waals surface area contributed by atoms with Crippen LogP contribution in [-0.4, -0.2) is 19.3 Å². The number of fused-ring (bicyclic) bond motifs is 1. The number of aryl methyl sites for hydroxylation is 1. The van der Waals surface area contributed by atoms with Crippen LogP contribution in [-0.2, 0) is 7.05 Å². The van der Waals surface area contributed by atoms with E-state index in [0.717, 1.165) is 16.7 Å². The van der Waals surface area contributed by atoms with Crippen molar-refractivity contribution in [3.8, 4) is 5.82 Å². The van der Waals surface area contributed by atoms with E-state index in [-0.39, 0.29) is 0 Å². The molecule has 2 heterocycles. The van der Waals surface area contributed by atoms with E-state index in [1.54, 1.807) is 12.5 Å². The fraction of sp³-hybridized carbons (Fsp3) is 0.0909. The van der Waals surface area contributed by atoms with Crippen LogP contribution in [0.4, 0.5) is 0 Å². The number of nitrogens with zero attached hydrogens (tertiary/aromatic N) is 4. The lowest BCUT2D eigenvalue weighted by Crippen LogP contribution is -2.00. The minimum absolute atomic E-state index is 1.00. The summed E-state index contributed by atoms with van der Waals surface area (Å²) >= 11 is 0. The highest BCUT2D eigenvalue weighted by atomic mass is 15.3. The second-order valence-electron chi connectivity index (χ2n) is 3.43. The third-order valence-corrected chi connectivity index (χ3v) is 2.46. The lowest BCUT2D eigenvalue weighted by molar-refractivity contribution is 0.739. The van der Waals surface area contributed by atoms with Crippen LogP contribution in [0.3, 0.4) is 0 Å². The number of aromatic nitrogens is 4. The average Bonchev–Trinajstić information content (AvgIpc) is 2.82. The van der Waals surface area contributed by atoms with E-state index in [0.29, 0.717) is 0 Å². The van der Waals surface area contributed by atoms with Gasteiger partial charge < -0.3 is 0 Å². The van der Waals surface area contributed by atoms with Crippen molar-refractivity contribution in [3.63, 3.8) is 0 Å². The molecule has 3 rings (SSSR count). The molecule has 0 amide bonds. The van der Waals surface area contributed by atoms with Crippen molar-refractivity contribution in [3.05, 3.63) is 43.0 Å². The molecule has 74 valence electrons. The van der Waals surface area contributed by atoms with Gasteiger partial charge in [-0.05, 0) is 12.1 Å². The Morgan fingerprint density at radius 1 is 1.20 bits per heavy atom. The molecule has 2 aromatic heterocycles. The molecule has 0 aliphatic carbocycles. The van der Waals surface area contributed by atoms with E-state index in [1.807, 2.05) is 40.7 Å². The number of imidazole rings is 1. The molecular weight excluding hydrogens is 188 g/mol. The predicted molar refractivity (Wildman–Crippen MR) is 57.8 cm³/mol. The summed E-state index contributed by atoms with van der Waals surface area (Å²) in [7, 11) is 1.94. The molecule has 0 saturated carbocycles. The number of hydrogen-bond donors (Lipinski definition) is 0. The molecule has 0 unspecified atom stereocenters. The molecule has 4 heteroatoms. The second-order valence-corrected chi connectivity index (χ2v) is 3.43. The van der Waals surface area contributed by atoms with Crippen LogP contribution in [0.1, 0.15) is 0 Å². The SMILES string of the molecule is Cn1nc2ccccc2c1-n1ccnc1. The highest BCUT2D eigenvalue weighted by Gasteiger charge is 2.08. The Bertz CT molecular complexity index is 592. The minimum Gasteiger partial charge on any atom is -0.290 e. The van der Waals surface area contributed by atoms with E-state index < -0.39 is 0 Å². The quantitative estimate of drug-likeness (QED) is 0.597. The molecule has 1 aromatic carbocycles. The first-order valence-electron chi connectivity index (χ1n) is 4.76. The van der Waals surface area contributed by atoms with Gasteiger partial charge in [-0.1, -0.05) is 12.1 Å². The smallest absolute Gasteiger partial charge is 0.143 e. The van der Waals surface area contributed by atoms with Crippen LogP contribution in [0.25, 0.3) is 16.7 Å². The number of benzene rings is 1. The molecule has 0 bridgehead atoms. The van der Waals surface area contributed by atoms with Crippen molar-refractivity contribution >= 4 is 10.9 Å². The Balaban J connectivity index is 2.39. The topological polar surface area (TPSA) is 35.6 Å². The third-order valence-electron chi connectivity index (χ3n) is 2.46. The first kappa shape index (κ1) is 8.23. The minimum atomic E-state index is 1.00. The van der Waals surface area contributed by atoms with Gasteiger partial charge in [0.05, 0.1) is 5.52 Å². The molecule has 0 saturated heterocycles. The summed E-state index contributed by atoms with van der Waals surface area (Å²) in [5, 5.41) is 5.57. The van der Waals surface area contributed by atoms with Crippen molar-refractivity contribution in [2.75, 3.05) is 0 Å². The van der Waals surface area contributed by atoms with Crippen molar-refractivity contribution in [1.29, 1.82) is 0 Å². The summed E-state index contributed by atoms with van der Waals surface area (Å²) in [6.07, 6.45) is 5.47. The molecule has 3 aromatic rings. The third kappa shape index (κ3) is 1.15. The maximum absolute atomic E-state index is 4.44. The van der Waals surface area contributed by atoms with Crippen LogP contribution in [0.5, 0.6) is 0 Å². The van der Waals surface area contributed by atoms with Crippen LogP contribution in [0, 0.1) is 0 Å². The zero-order chi connectivity index (χ0) is 10.3. The summed E-state index contributed by atoms with van der Waals surface area (Å²) in [4.78, 5) is 4.05. The van der Waals surface area contributed by atoms with Gasteiger partial charge in [0.2, 0.25) is 0 Å². The van der Waals surface area contributed by atoms with Crippen molar-refractivity contribution < 1.29 is 0 Å². The second kappa shape index (κ2) is 2.95. The largest absolute Gasteiger partial charge is 0.290 e. The van der Waals surface area contributed by atoms with Crippen molar-refractivity contribution in [2.24, 2.45) is 7.05 Å². The van der Waals surface area contributed by atoms with Gasteiger partial charge in [0.15, 0.2) is 0 Å². The number of hydrogen-bond acceptors (Lipinski definition) is 2. The van der Waals surface area contributed by atoms with E-state index >= 15 is 0 Å². The Morgan fingerprint density at radius 2 is 2.07 bits per heavy atom. The van der Waals surface area contributed by atoms with E-state index in [4.69, 9.17) is 0 Å². The Morgan fingerprint density at radius 3 is 2.87 bits per heavy atom. The van der Waals surface area contributed by atoms with Gasteiger partial charge in [-0.15, -0.1) is 0 Å². The molecule has 0 N–H and O–H groups in total. The van der Waals surface area contributed by atoms with Crippen LogP contribution >= 0.6 is 0 Å². The summed E-state index contributed by atoms with van der Waals surface area (Å²) in [5.74, 6) is 1.04. The van der Waals surface area contributed by atoms with E-state index in [2.05, 4.69) is 16.1 Å². The van der Waals surface area contributed by atoms with Gasteiger partial charge in [-0.2, -0.15) is 5.10 Å². The Hall–Kier alpha value is -2.10. The first-order valence-corrected chi connectivity index (χ1v) is 4.76. The van der Waals surface area contributed by atoms with Crippen molar-refractivity contribution in [1.82, 2.24) is 19.3 Å². The fourth-order valence-corrected chi connectivity index (χ4v) is 1.82. The van der Waals surface area contributed by atoms with Crippen LogP contribution in [0.15, 0.2) is 43.0 Å². The molecule has 0 atom stereocenters. The summed E-state index contributed by atoms with van der Waals surface area (Å²) in [6.45, 7) is 0. The van der Waals surface area contributed by atoms with Crippen molar-refractivity contribution in [2.45, 2.75) is 0 Å². The summed E-state index contributed by atoms with van der Waals surface area (Å²) in [6, 6.07) is 8.09. The number of rotatable bonds is 1. The monoisotopic (exact) mass is 198 g/mol. The molecule has 15 heavy (non-hydrogen) atoms. The zero-order valence-corrected chi connectivity index (χ0v) is 8.33. The fourth-order valence-electron chi connectivity index (χ4n) is 1.82. The molecule has 0 aliphatic heterocycles. The molecule has 0 spiro atoms. The van der Waals surface area contributed by atoms with E-state index in [9.17, 15) is 0 Å². The molecule has 0 aliphatic rings. The normalized spacial score (nSPS) is 11.0. The zero-order valence-electron chi connectivity index (χ0n) is 8.33. The maximum atomic E-state index is 4.44. The molecule has 0 fully saturated rings. The summed E-state index contributed by atoms with van der Waals surface area (Å²) < 4.78 is 3.84. The van der Waals surface area contributed by atoms with Gasteiger partial charge >= 0.3 is 0 Å². The van der Waals surface area contributed by atoms with Gasteiger partial charge in [0.1, 0.15) is 12.1 Å². The van der Waals surface area contributed by atoms with Gasteiger partial charge in [-0.25, -0.2) is 4.98 Å².